The van der Waals surface area contributed by atoms with Crippen LogP contribution in [-0.2, 0) is 9.47 Å². The summed E-state index contributed by atoms with van der Waals surface area (Å²) in [6.07, 6.45) is 0.251. The Bertz CT molecular complexity index is 89.6. The predicted octanol–water partition coefficient (Wildman–Crippen LogP) is 0.00970. The van der Waals surface area contributed by atoms with E-state index in [9.17, 15) is 0 Å². The van der Waals surface area contributed by atoms with Crippen LogP contribution in [0.3, 0.4) is 0 Å². The minimum Gasteiger partial charge on any atom is -0.382 e. The molecule has 1 saturated heterocycles. The molecule has 1 rings (SSSR count). The summed E-state index contributed by atoms with van der Waals surface area (Å²) >= 11 is 0. The molecule has 0 aromatic carbocycles. The molecule has 1 aliphatic heterocycles. The lowest BCUT2D eigenvalue weighted by Gasteiger charge is -2.27. The summed E-state index contributed by atoms with van der Waals surface area (Å²) < 4.78 is 10.4. The highest BCUT2D eigenvalue weighted by Gasteiger charge is 2.16. The average Bonchev–Trinajstić information content (AvgIpc) is 1.95. The Hall–Kier alpha value is -0.120. The van der Waals surface area contributed by atoms with Crippen molar-refractivity contribution in [2.24, 2.45) is 0 Å². The van der Waals surface area contributed by atoms with Crippen molar-refractivity contribution in [2.75, 3.05) is 26.9 Å². The van der Waals surface area contributed by atoms with Crippen LogP contribution in [0.25, 0.3) is 0 Å². The highest BCUT2D eigenvalue weighted by molar-refractivity contribution is 4.71. The van der Waals surface area contributed by atoms with E-state index >= 15 is 0 Å². The summed E-state index contributed by atoms with van der Waals surface area (Å²) in [6, 6.07) is 0.494. The van der Waals surface area contributed by atoms with Gasteiger partial charge >= 0.3 is 0 Å². The van der Waals surface area contributed by atoms with Crippen LogP contribution in [0.2, 0.25) is 0 Å². The molecule has 0 amide bonds. The summed E-state index contributed by atoms with van der Waals surface area (Å²) in [6.45, 7) is 4.52. The normalized spacial score (nSPS) is 34.2. The van der Waals surface area contributed by atoms with Crippen molar-refractivity contribution in [3.8, 4) is 0 Å². The number of morpholine rings is 1. The quantitative estimate of drug-likeness (QED) is 0.593. The minimum atomic E-state index is 0.251. The molecule has 3 nitrogen and oxygen atoms in total. The van der Waals surface area contributed by atoms with Gasteiger partial charge in [-0.25, -0.2) is 0 Å². The van der Waals surface area contributed by atoms with Crippen LogP contribution < -0.4 is 5.32 Å². The first-order valence-corrected chi connectivity index (χ1v) is 3.67. The lowest BCUT2D eigenvalue weighted by Crippen LogP contribution is -2.46. The number of methoxy groups -OCH3 is 1. The van der Waals surface area contributed by atoms with Gasteiger partial charge in [0.15, 0.2) is 0 Å². The number of hydrogen-bond acceptors (Lipinski definition) is 3. The van der Waals surface area contributed by atoms with Crippen LogP contribution in [0, 0.1) is 0 Å². The van der Waals surface area contributed by atoms with Gasteiger partial charge < -0.3 is 14.8 Å². The largest absolute Gasteiger partial charge is 0.382 e. The zero-order valence-corrected chi connectivity index (χ0v) is 6.59. The Morgan fingerprint density at radius 1 is 1.70 bits per heavy atom. The van der Waals surface area contributed by atoms with E-state index in [1.54, 1.807) is 7.11 Å². The van der Waals surface area contributed by atoms with Crippen LogP contribution in [0.4, 0.5) is 0 Å². The molecular weight excluding hydrogens is 130 g/mol. The van der Waals surface area contributed by atoms with E-state index in [4.69, 9.17) is 9.47 Å². The number of rotatable bonds is 2. The third-order valence-corrected chi connectivity index (χ3v) is 1.63. The SMILES string of the molecule is COC[C@@H]1CNC(C)CO1. The molecule has 1 aliphatic rings. The third kappa shape index (κ3) is 2.25. The molecule has 10 heavy (non-hydrogen) atoms. The summed E-state index contributed by atoms with van der Waals surface area (Å²) in [5, 5.41) is 3.31. The van der Waals surface area contributed by atoms with Crippen LogP contribution >= 0.6 is 0 Å². The van der Waals surface area contributed by atoms with Crippen LogP contribution in [0.15, 0.2) is 0 Å². The lowest BCUT2D eigenvalue weighted by atomic mass is 10.2. The summed E-state index contributed by atoms with van der Waals surface area (Å²) in [7, 11) is 1.70. The first kappa shape index (κ1) is 7.98. The average molecular weight is 145 g/mol. The van der Waals surface area contributed by atoms with Crippen LogP contribution in [0.1, 0.15) is 6.92 Å². The fourth-order valence-electron chi connectivity index (χ4n) is 1.02. The molecule has 1 fully saturated rings. The first-order valence-electron chi connectivity index (χ1n) is 3.67. The summed E-state index contributed by atoms with van der Waals surface area (Å²) in [5.41, 5.74) is 0. The lowest BCUT2D eigenvalue weighted by molar-refractivity contribution is -0.0330. The monoisotopic (exact) mass is 145 g/mol. The molecule has 0 bridgehead atoms. The molecular formula is C7H15NO2. The topological polar surface area (TPSA) is 30.5 Å². The van der Waals surface area contributed by atoms with Gasteiger partial charge in [0.2, 0.25) is 0 Å². The van der Waals surface area contributed by atoms with Crippen molar-refractivity contribution >= 4 is 0 Å². The van der Waals surface area contributed by atoms with Crippen LogP contribution in [-0.4, -0.2) is 39.0 Å². The molecule has 1 unspecified atom stereocenters. The smallest absolute Gasteiger partial charge is 0.0933 e. The second kappa shape index (κ2) is 3.91. The maximum Gasteiger partial charge on any atom is 0.0933 e. The van der Waals surface area contributed by atoms with Crippen LogP contribution in [0.5, 0.6) is 0 Å². The Balaban J connectivity index is 2.13. The molecule has 2 atom stereocenters. The molecule has 0 aromatic heterocycles. The van der Waals surface area contributed by atoms with Gasteiger partial charge in [0.05, 0.1) is 19.3 Å². The van der Waals surface area contributed by atoms with E-state index < -0.39 is 0 Å². The van der Waals surface area contributed by atoms with Gasteiger partial charge in [-0.05, 0) is 6.92 Å². The third-order valence-electron chi connectivity index (χ3n) is 1.63. The Labute approximate surface area is 61.7 Å². The summed E-state index contributed by atoms with van der Waals surface area (Å²) in [5.74, 6) is 0. The van der Waals surface area contributed by atoms with Crippen molar-refractivity contribution in [2.45, 2.75) is 19.1 Å². The standard InChI is InChI=1S/C7H15NO2/c1-6-4-10-7(3-8-6)5-9-2/h6-8H,3-5H2,1-2H3/t6?,7-/m0/s1. The second-order valence-corrected chi connectivity index (χ2v) is 2.72. The van der Waals surface area contributed by atoms with Gasteiger partial charge in [0.25, 0.3) is 0 Å². The molecule has 1 N–H and O–H groups in total. The van der Waals surface area contributed by atoms with Crippen molar-refractivity contribution in [1.82, 2.24) is 5.32 Å². The van der Waals surface area contributed by atoms with E-state index in [1.165, 1.54) is 0 Å². The fourth-order valence-corrected chi connectivity index (χ4v) is 1.02. The molecule has 0 aromatic rings. The van der Waals surface area contributed by atoms with Crippen molar-refractivity contribution in [1.29, 1.82) is 0 Å². The highest BCUT2D eigenvalue weighted by atomic mass is 16.5. The first-order chi connectivity index (χ1) is 4.83. The van der Waals surface area contributed by atoms with E-state index in [2.05, 4.69) is 12.2 Å². The minimum absolute atomic E-state index is 0.251. The molecule has 0 saturated carbocycles. The molecule has 0 spiro atoms. The van der Waals surface area contributed by atoms with Crippen molar-refractivity contribution in [3.05, 3.63) is 0 Å². The molecule has 0 radical (unpaired) electrons. The van der Waals surface area contributed by atoms with Gasteiger partial charge in [0.1, 0.15) is 0 Å². The van der Waals surface area contributed by atoms with Gasteiger partial charge in [-0.3, -0.25) is 0 Å². The molecule has 60 valence electrons. The van der Waals surface area contributed by atoms with Crippen molar-refractivity contribution < 1.29 is 9.47 Å². The van der Waals surface area contributed by atoms with Gasteiger partial charge in [0, 0.05) is 19.7 Å². The van der Waals surface area contributed by atoms with E-state index in [0.717, 1.165) is 13.2 Å². The Morgan fingerprint density at radius 3 is 3.00 bits per heavy atom. The second-order valence-electron chi connectivity index (χ2n) is 2.72. The Morgan fingerprint density at radius 2 is 2.50 bits per heavy atom. The van der Waals surface area contributed by atoms with E-state index in [0.29, 0.717) is 12.6 Å². The Kier molecular flexibility index (Phi) is 3.12. The zero-order chi connectivity index (χ0) is 7.40. The number of nitrogens with one attached hydrogen (secondary N) is 1. The highest BCUT2D eigenvalue weighted by Crippen LogP contribution is 1.99. The summed E-state index contributed by atoms with van der Waals surface area (Å²) in [4.78, 5) is 0. The maximum absolute atomic E-state index is 5.44. The van der Waals surface area contributed by atoms with E-state index in [-0.39, 0.29) is 6.10 Å². The fraction of sp³-hybridized carbons (Fsp3) is 1.00. The molecule has 0 aliphatic carbocycles. The van der Waals surface area contributed by atoms with Crippen molar-refractivity contribution in [3.63, 3.8) is 0 Å². The number of ether oxygens (including phenoxy) is 2. The van der Waals surface area contributed by atoms with Gasteiger partial charge in [-0.15, -0.1) is 0 Å². The van der Waals surface area contributed by atoms with E-state index in [1.807, 2.05) is 0 Å². The number of hydrogen-bond donors (Lipinski definition) is 1. The van der Waals surface area contributed by atoms with Gasteiger partial charge in [-0.2, -0.15) is 0 Å². The maximum atomic E-state index is 5.44. The predicted molar refractivity (Wildman–Crippen MR) is 39.1 cm³/mol. The molecule has 3 heteroatoms. The zero-order valence-electron chi connectivity index (χ0n) is 6.59. The van der Waals surface area contributed by atoms with Gasteiger partial charge in [-0.1, -0.05) is 0 Å². The molecule has 1 heterocycles.